The summed E-state index contributed by atoms with van der Waals surface area (Å²) in [6.45, 7) is 6.72. The van der Waals surface area contributed by atoms with Crippen LogP contribution < -0.4 is 11.1 Å². The third-order valence-corrected chi connectivity index (χ3v) is 3.83. The van der Waals surface area contributed by atoms with Crippen molar-refractivity contribution in [2.24, 2.45) is 11.7 Å². The Morgan fingerprint density at radius 2 is 2.05 bits per heavy atom. The molecule has 1 aromatic carbocycles. The van der Waals surface area contributed by atoms with Gasteiger partial charge in [0.25, 0.3) is 0 Å². The van der Waals surface area contributed by atoms with Crippen molar-refractivity contribution < 1.29 is 4.79 Å². The van der Waals surface area contributed by atoms with Gasteiger partial charge in [-0.25, -0.2) is 0 Å². The first kappa shape index (κ1) is 16.2. The van der Waals surface area contributed by atoms with Gasteiger partial charge in [-0.15, -0.1) is 0 Å². The zero-order valence-electron chi connectivity index (χ0n) is 11.9. The normalized spacial score (nSPS) is 14.2. The SMILES string of the molecule is CC(C)CC(C)(CN)NC(=O)Cc1ccccc1Br. The highest BCUT2D eigenvalue weighted by molar-refractivity contribution is 9.10. The summed E-state index contributed by atoms with van der Waals surface area (Å²) in [6.07, 6.45) is 1.25. The molecule has 0 saturated carbocycles. The molecule has 0 aliphatic carbocycles. The van der Waals surface area contributed by atoms with Crippen LogP contribution in [0.1, 0.15) is 32.8 Å². The second kappa shape index (κ2) is 7.06. The molecular weight excluding hydrogens is 304 g/mol. The van der Waals surface area contributed by atoms with E-state index in [2.05, 4.69) is 35.1 Å². The van der Waals surface area contributed by atoms with Gasteiger partial charge in [-0.3, -0.25) is 4.79 Å². The van der Waals surface area contributed by atoms with Crippen molar-refractivity contribution >= 4 is 21.8 Å². The first-order valence-electron chi connectivity index (χ1n) is 6.61. The van der Waals surface area contributed by atoms with Crippen LogP contribution in [0.3, 0.4) is 0 Å². The van der Waals surface area contributed by atoms with Crippen LogP contribution in [0.4, 0.5) is 0 Å². The molecule has 1 amide bonds. The first-order valence-corrected chi connectivity index (χ1v) is 7.40. The maximum atomic E-state index is 12.1. The zero-order chi connectivity index (χ0) is 14.5. The minimum atomic E-state index is -0.327. The number of amides is 1. The third-order valence-electron chi connectivity index (χ3n) is 3.06. The maximum Gasteiger partial charge on any atom is 0.224 e. The van der Waals surface area contributed by atoms with Crippen LogP contribution in [0.15, 0.2) is 28.7 Å². The lowest BCUT2D eigenvalue weighted by molar-refractivity contribution is -0.122. The lowest BCUT2D eigenvalue weighted by atomic mass is 9.90. The molecule has 0 heterocycles. The Morgan fingerprint density at radius 3 is 2.58 bits per heavy atom. The van der Waals surface area contributed by atoms with E-state index in [0.29, 0.717) is 18.9 Å². The topological polar surface area (TPSA) is 55.1 Å². The van der Waals surface area contributed by atoms with E-state index in [9.17, 15) is 4.79 Å². The summed E-state index contributed by atoms with van der Waals surface area (Å²) >= 11 is 3.46. The minimum Gasteiger partial charge on any atom is -0.349 e. The quantitative estimate of drug-likeness (QED) is 0.844. The van der Waals surface area contributed by atoms with Gasteiger partial charge in [0.15, 0.2) is 0 Å². The molecule has 3 N–H and O–H groups in total. The number of halogens is 1. The molecule has 4 heteroatoms. The molecule has 1 rings (SSSR count). The smallest absolute Gasteiger partial charge is 0.224 e. The van der Waals surface area contributed by atoms with Gasteiger partial charge in [-0.05, 0) is 30.9 Å². The number of carbonyl (C=O) groups excluding carboxylic acids is 1. The number of benzene rings is 1. The molecule has 106 valence electrons. The summed E-state index contributed by atoms with van der Waals surface area (Å²) in [5.74, 6) is 0.512. The molecule has 0 aliphatic rings. The second-order valence-electron chi connectivity index (χ2n) is 5.68. The molecule has 1 unspecified atom stereocenters. The molecule has 0 saturated heterocycles. The first-order chi connectivity index (χ1) is 8.86. The van der Waals surface area contributed by atoms with Crippen molar-refractivity contribution in [1.82, 2.24) is 5.32 Å². The van der Waals surface area contributed by atoms with Crippen molar-refractivity contribution in [3.05, 3.63) is 34.3 Å². The fraction of sp³-hybridized carbons (Fsp3) is 0.533. The monoisotopic (exact) mass is 326 g/mol. The highest BCUT2D eigenvalue weighted by Gasteiger charge is 2.25. The number of rotatable bonds is 6. The minimum absolute atomic E-state index is 0.0144. The Bertz CT molecular complexity index is 434. The van der Waals surface area contributed by atoms with Crippen molar-refractivity contribution in [3.8, 4) is 0 Å². The van der Waals surface area contributed by atoms with Gasteiger partial charge in [0.2, 0.25) is 5.91 Å². The molecule has 0 fully saturated rings. The van der Waals surface area contributed by atoms with Crippen LogP contribution in [-0.2, 0) is 11.2 Å². The molecule has 19 heavy (non-hydrogen) atoms. The summed E-state index contributed by atoms with van der Waals surface area (Å²) in [7, 11) is 0. The van der Waals surface area contributed by atoms with Gasteiger partial charge >= 0.3 is 0 Å². The van der Waals surface area contributed by atoms with Crippen LogP contribution in [0.2, 0.25) is 0 Å². The van der Waals surface area contributed by atoms with Crippen molar-refractivity contribution in [2.75, 3.05) is 6.54 Å². The van der Waals surface area contributed by atoms with E-state index in [1.54, 1.807) is 0 Å². The third kappa shape index (κ3) is 5.33. The molecule has 0 spiro atoms. The van der Waals surface area contributed by atoms with Crippen molar-refractivity contribution in [3.63, 3.8) is 0 Å². The molecule has 0 aromatic heterocycles. The van der Waals surface area contributed by atoms with Crippen molar-refractivity contribution in [1.29, 1.82) is 0 Å². The van der Waals surface area contributed by atoms with Crippen LogP contribution in [-0.4, -0.2) is 18.0 Å². The van der Waals surface area contributed by atoms with Gasteiger partial charge < -0.3 is 11.1 Å². The molecule has 0 aliphatic heterocycles. The fourth-order valence-corrected chi connectivity index (χ4v) is 2.71. The lowest BCUT2D eigenvalue weighted by Gasteiger charge is -2.31. The maximum absolute atomic E-state index is 12.1. The van der Waals surface area contributed by atoms with Gasteiger partial charge in [-0.1, -0.05) is 48.0 Å². The summed E-state index contributed by atoms with van der Waals surface area (Å²) in [5.41, 5.74) is 6.47. The zero-order valence-corrected chi connectivity index (χ0v) is 13.5. The second-order valence-corrected chi connectivity index (χ2v) is 6.53. The molecular formula is C15H23BrN2O. The molecule has 0 radical (unpaired) electrons. The highest BCUT2D eigenvalue weighted by atomic mass is 79.9. The number of hydrogen-bond donors (Lipinski definition) is 2. The van der Waals surface area contributed by atoms with Gasteiger partial charge in [0.1, 0.15) is 0 Å². The van der Waals surface area contributed by atoms with Gasteiger partial charge in [0, 0.05) is 16.6 Å². The molecule has 1 aromatic rings. The predicted molar refractivity (Wildman–Crippen MR) is 82.9 cm³/mol. The van der Waals surface area contributed by atoms with Gasteiger partial charge in [-0.2, -0.15) is 0 Å². The van der Waals surface area contributed by atoms with Crippen LogP contribution >= 0.6 is 15.9 Å². The Hall–Kier alpha value is -0.870. The van der Waals surface area contributed by atoms with Crippen LogP contribution in [0.5, 0.6) is 0 Å². The summed E-state index contributed by atoms with van der Waals surface area (Å²) < 4.78 is 0.962. The number of carbonyl (C=O) groups is 1. The fourth-order valence-electron chi connectivity index (χ4n) is 2.28. The highest BCUT2D eigenvalue weighted by Crippen LogP contribution is 2.18. The van der Waals surface area contributed by atoms with E-state index >= 15 is 0 Å². The van der Waals surface area contributed by atoms with Crippen molar-refractivity contribution in [2.45, 2.75) is 39.2 Å². The number of nitrogens with two attached hydrogens (primary N) is 1. The molecule has 1 atom stereocenters. The Morgan fingerprint density at radius 1 is 1.42 bits per heavy atom. The number of nitrogens with one attached hydrogen (secondary N) is 1. The standard InChI is InChI=1S/C15H23BrN2O/c1-11(2)9-15(3,10-17)18-14(19)8-12-6-4-5-7-13(12)16/h4-7,11H,8-10,17H2,1-3H3,(H,18,19). The summed E-state index contributed by atoms with van der Waals surface area (Å²) in [5, 5.41) is 3.07. The Kier molecular flexibility index (Phi) is 6.01. The number of hydrogen-bond acceptors (Lipinski definition) is 2. The van der Waals surface area contributed by atoms with E-state index in [1.165, 1.54) is 0 Å². The predicted octanol–water partition coefficient (Wildman–Crippen LogP) is 2.87. The average molecular weight is 327 g/mol. The Labute approximate surface area is 124 Å². The summed E-state index contributed by atoms with van der Waals surface area (Å²) in [6, 6.07) is 7.77. The average Bonchev–Trinajstić information content (AvgIpc) is 2.31. The molecule has 0 bridgehead atoms. The van der Waals surface area contributed by atoms with Crippen LogP contribution in [0, 0.1) is 5.92 Å². The van der Waals surface area contributed by atoms with E-state index < -0.39 is 0 Å². The Balaban J connectivity index is 2.66. The van der Waals surface area contributed by atoms with Gasteiger partial charge in [0.05, 0.1) is 6.42 Å². The van der Waals surface area contributed by atoms with E-state index in [1.807, 2.05) is 31.2 Å². The molecule has 3 nitrogen and oxygen atoms in total. The van der Waals surface area contributed by atoms with E-state index in [0.717, 1.165) is 16.5 Å². The largest absolute Gasteiger partial charge is 0.349 e. The van der Waals surface area contributed by atoms with E-state index in [-0.39, 0.29) is 11.4 Å². The van der Waals surface area contributed by atoms with E-state index in [4.69, 9.17) is 5.73 Å². The summed E-state index contributed by atoms with van der Waals surface area (Å²) in [4.78, 5) is 12.1. The lowest BCUT2D eigenvalue weighted by Crippen LogP contribution is -2.52. The van der Waals surface area contributed by atoms with Crippen LogP contribution in [0.25, 0.3) is 0 Å².